The van der Waals surface area contributed by atoms with Gasteiger partial charge < -0.3 is 4.74 Å². The molecule has 0 aliphatic carbocycles. The average Bonchev–Trinajstić information content (AvgIpc) is 2.56. The van der Waals surface area contributed by atoms with Crippen LogP contribution >= 0.6 is 0 Å². The van der Waals surface area contributed by atoms with Crippen LogP contribution in [-0.4, -0.2) is 46.3 Å². The Labute approximate surface area is 157 Å². The first-order valence-electron chi connectivity index (χ1n) is 9.28. The summed E-state index contributed by atoms with van der Waals surface area (Å²) in [6.07, 6.45) is 3.96. The number of ether oxygens (including phenoxy) is 1. The lowest BCUT2D eigenvalue weighted by Gasteiger charge is -2.35. The molecule has 1 saturated heterocycles. The van der Waals surface area contributed by atoms with Gasteiger partial charge in [-0.25, -0.2) is 0 Å². The summed E-state index contributed by atoms with van der Waals surface area (Å²) in [5, 5.41) is 0.764. The van der Waals surface area contributed by atoms with Crippen molar-refractivity contribution in [3.63, 3.8) is 0 Å². The van der Waals surface area contributed by atoms with E-state index in [2.05, 4.69) is 30.9 Å². The molecule has 2 unspecified atom stereocenters. The molecule has 2 rings (SSSR count). The van der Waals surface area contributed by atoms with Crippen molar-refractivity contribution in [3.8, 4) is 0 Å². The van der Waals surface area contributed by atoms with Crippen LogP contribution in [0.15, 0.2) is 36.4 Å². The Morgan fingerprint density at radius 2 is 1.88 bits per heavy atom. The van der Waals surface area contributed by atoms with Crippen LogP contribution in [0.5, 0.6) is 0 Å². The van der Waals surface area contributed by atoms with Crippen molar-refractivity contribution in [3.05, 3.63) is 42.0 Å². The minimum Gasteiger partial charge on any atom is -0.373 e. The van der Waals surface area contributed by atoms with Crippen LogP contribution in [0.4, 0.5) is 13.2 Å². The molecule has 0 aromatic heterocycles. The Kier molecular flexibility index (Phi) is 8.38. The number of allylic oxidation sites excluding steroid dienone is 2. The molecule has 6 heteroatoms. The first-order valence-corrected chi connectivity index (χ1v) is 10.5. The number of unbranched alkanes of at least 4 members (excludes halogenated alkanes) is 2. The molecule has 0 amide bonds. The molecular weight excluding hydrogens is 355 g/mol. The minimum absolute atomic E-state index is 0.315. The predicted molar refractivity (Wildman–Crippen MR) is 101 cm³/mol. The first kappa shape index (κ1) is 21.2. The van der Waals surface area contributed by atoms with Gasteiger partial charge in [0.2, 0.25) is 0 Å². The maximum absolute atomic E-state index is 12.7. The summed E-state index contributed by atoms with van der Waals surface area (Å²) in [5.74, 6) is 0. The number of benzene rings is 1. The molecule has 1 fully saturated rings. The molecule has 26 heavy (non-hydrogen) atoms. The van der Waals surface area contributed by atoms with E-state index >= 15 is 0 Å². The molecule has 0 bridgehead atoms. The standard InChI is InChI=1S/C20H28F3NOSi/c1-16-14-24(15-17(2)25-16)11-6-4-3-5-7-12-26-19-10-8-9-18(13-19)20(21,22)23/h5,7-10,13,16-17H,3-4,6,11-12,14-15H2,1-2H3. The molecule has 0 saturated carbocycles. The fourth-order valence-electron chi connectivity index (χ4n) is 3.25. The number of alkyl halides is 3. The molecule has 1 heterocycles. The van der Waals surface area contributed by atoms with Crippen LogP contribution in [0.3, 0.4) is 0 Å². The lowest BCUT2D eigenvalue weighted by molar-refractivity contribution is -0.137. The quantitative estimate of drug-likeness (QED) is 0.377. The van der Waals surface area contributed by atoms with Crippen LogP contribution in [-0.2, 0) is 10.9 Å². The van der Waals surface area contributed by atoms with Crippen molar-refractivity contribution in [1.82, 2.24) is 4.90 Å². The van der Waals surface area contributed by atoms with Crippen LogP contribution in [0, 0.1) is 0 Å². The van der Waals surface area contributed by atoms with Crippen molar-refractivity contribution in [1.29, 1.82) is 0 Å². The smallest absolute Gasteiger partial charge is 0.373 e. The predicted octanol–water partition coefficient (Wildman–Crippen LogP) is 4.29. The Morgan fingerprint density at radius 1 is 1.15 bits per heavy atom. The van der Waals surface area contributed by atoms with Gasteiger partial charge in [0.25, 0.3) is 0 Å². The van der Waals surface area contributed by atoms with Crippen molar-refractivity contribution < 1.29 is 17.9 Å². The number of hydrogen-bond donors (Lipinski definition) is 0. The number of halogens is 3. The Morgan fingerprint density at radius 3 is 2.58 bits per heavy atom. The fourth-order valence-corrected chi connectivity index (χ4v) is 4.24. The molecule has 0 N–H and O–H groups in total. The summed E-state index contributed by atoms with van der Waals surface area (Å²) in [5.41, 5.74) is -0.557. The molecule has 2 radical (unpaired) electrons. The topological polar surface area (TPSA) is 12.5 Å². The third-order valence-electron chi connectivity index (χ3n) is 4.37. The van der Waals surface area contributed by atoms with Crippen molar-refractivity contribution >= 4 is 14.7 Å². The first-order chi connectivity index (χ1) is 12.3. The van der Waals surface area contributed by atoms with Gasteiger partial charge in [-0.15, -0.1) is 0 Å². The highest BCUT2D eigenvalue weighted by Crippen LogP contribution is 2.28. The summed E-state index contributed by atoms with van der Waals surface area (Å²) in [6.45, 7) is 7.38. The molecule has 144 valence electrons. The Balaban J connectivity index is 1.59. The van der Waals surface area contributed by atoms with E-state index in [-0.39, 0.29) is 0 Å². The van der Waals surface area contributed by atoms with E-state index in [0.29, 0.717) is 21.7 Å². The maximum Gasteiger partial charge on any atom is 0.416 e. The van der Waals surface area contributed by atoms with Crippen molar-refractivity contribution in [2.45, 2.75) is 57.5 Å². The minimum atomic E-state index is -4.26. The van der Waals surface area contributed by atoms with Crippen molar-refractivity contribution in [2.24, 2.45) is 0 Å². The highest BCUT2D eigenvalue weighted by molar-refractivity contribution is 6.53. The molecule has 0 spiro atoms. The van der Waals surface area contributed by atoms with Gasteiger partial charge >= 0.3 is 6.18 Å². The molecule has 1 aliphatic rings. The van der Waals surface area contributed by atoms with E-state index in [9.17, 15) is 13.2 Å². The van der Waals surface area contributed by atoms with Gasteiger partial charge in [0.15, 0.2) is 0 Å². The zero-order valence-corrected chi connectivity index (χ0v) is 16.6. The van der Waals surface area contributed by atoms with Gasteiger partial charge in [-0.2, -0.15) is 13.2 Å². The van der Waals surface area contributed by atoms with Crippen LogP contribution in [0.1, 0.15) is 38.7 Å². The van der Waals surface area contributed by atoms with Gasteiger partial charge in [0.05, 0.1) is 27.3 Å². The number of rotatable bonds is 8. The number of hydrogen-bond acceptors (Lipinski definition) is 2. The van der Waals surface area contributed by atoms with Gasteiger partial charge in [0.1, 0.15) is 0 Å². The highest BCUT2D eigenvalue weighted by Gasteiger charge is 2.30. The zero-order valence-electron chi connectivity index (χ0n) is 15.6. The molecule has 1 aliphatic heterocycles. The Hall–Kier alpha value is -1.11. The normalized spacial score (nSPS) is 22.2. The van der Waals surface area contributed by atoms with Gasteiger partial charge in [-0.1, -0.05) is 41.6 Å². The molecule has 2 nitrogen and oxygen atoms in total. The summed E-state index contributed by atoms with van der Waals surface area (Å²) < 4.78 is 43.8. The monoisotopic (exact) mass is 383 g/mol. The summed E-state index contributed by atoms with van der Waals surface area (Å²) in [4.78, 5) is 2.47. The van der Waals surface area contributed by atoms with Crippen molar-refractivity contribution in [2.75, 3.05) is 19.6 Å². The highest BCUT2D eigenvalue weighted by atomic mass is 28.2. The van der Waals surface area contributed by atoms with Gasteiger partial charge in [-0.05, 0) is 45.7 Å². The van der Waals surface area contributed by atoms with Crippen LogP contribution < -0.4 is 5.19 Å². The second-order valence-electron chi connectivity index (χ2n) is 6.94. The van der Waals surface area contributed by atoms with E-state index in [1.807, 2.05) is 0 Å². The van der Waals surface area contributed by atoms with Crippen LogP contribution in [0.2, 0.25) is 6.04 Å². The summed E-state index contributed by atoms with van der Waals surface area (Å²) in [6, 6.07) is 6.45. The van der Waals surface area contributed by atoms with E-state index in [1.54, 1.807) is 6.07 Å². The largest absolute Gasteiger partial charge is 0.416 e. The third kappa shape index (κ3) is 7.64. The molecular formula is C20H28F3NOSi. The maximum atomic E-state index is 12.7. The number of morpholine rings is 1. The van der Waals surface area contributed by atoms with E-state index < -0.39 is 11.7 Å². The molecule has 1 aromatic carbocycles. The van der Waals surface area contributed by atoms with E-state index in [4.69, 9.17) is 4.74 Å². The lowest BCUT2D eigenvalue weighted by atomic mass is 10.2. The van der Waals surface area contributed by atoms with E-state index in [0.717, 1.165) is 49.8 Å². The number of nitrogens with zero attached hydrogens (tertiary/aromatic N) is 1. The molecule has 2 atom stereocenters. The second kappa shape index (κ2) is 10.3. The Bertz CT molecular complexity index is 566. The second-order valence-corrected chi connectivity index (χ2v) is 8.28. The average molecular weight is 384 g/mol. The summed E-state index contributed by atoms with van der Waals surface area (Å²) in [7, 11) is 0.381. The van der Waals surface area contributed by atoms with Gasteiger partial charge in [0, 0.05) is 13.1 Å². The lowest BCUT2D eigenvalue weighted by Crippen LogP contribution is -2.45. The van der Waals surface area contributed by atoms with Crippen LogP contribution in [0.25, 0.3) is 0 Å². The van der Waals surface area contributed by atoms with E-state index in [1.165, 1.54) is 18.6 Å². The molecule has 1 aromatic rings. The fraction of sp³-hybridized carbons (Fsp3) is 0.600. The SMILES string of the molecule is CC1CN(CCCCC=CC[Si]c2cccc(C(F)(F)F)c2)CC(C)O1. The zero-order chi connectivity index (χ0) is 19.0. The van der Waals surface area contributed by atoms with Gasteiger partial charge in [-0.3, -0.25) is 4.90 Å². The third-order valence-corrected chi connectivity index (χ3v) is 5.53. The summed E-state index contributed by atoms with van der Waals surface area (Å²) >= 11 is 0.